The summed E-state index contributed by atoms with van der Waals surface area (Å²) in [6, 6.07) is 4.79. The van der Waals surface area contributed by atoms with Gasteiger partial charge in [-0.2, -0.15) is 13.2 Å². The Morgan fingerprint density at radius 2 is 2.05 bits per heavy atom. The molecule has 1 aromatic carbocycles. The number of hydrogen-bond donors (Lipinski definition) is 0. The minimum atomic E-state index is -4.42. The Morgan fingerprint density at radius 3 is 2.57 bits per heavy atom. The number of halogens is 4. The van der Waals surface area contributed by atoms with E-state index in [1.54, 1.807) is 6.07 Å². The van der Waals surface area contributed by atoms with Gasteiger partial charge in [0.1, 0.15) is 6.54 Å². The highest BCUT2D eigenvalue weighted by molar-refractivity contribution is 7.98. The molecule has 0 saturated carbocycles. The maximum atomic E-state index is 12.6. The van der Waals surface area contributed by atoms with Crippen molar-refractivity contribution in [1.82, 2.24) is 4.90 Å². The molecule has 21 heavy (non-hydrogen) atoms. The first-order valence-electron chi connectivity index (χ1n) is 6.48. The van der Waals surface area contributed by atoms with Gasteiger partial charge in [-0.3, -0.25) is 4.79 Å². The van der Waals surface area contributed by atoms with Crippen LogP contribution in [0.5, 0.6) is 0 Å². The van der Waals surface area contributed by atoms with Crippen LogP contribution in [0.1, 0.15) is 30.1 Å². The summed E-state index contributed by atoms with van der Waals surface area (Å²) in [4.78, 5) is 13.9. The van der Waals surface area contributed by atoms with Crippen LogP contribution in [0.3, 0.4) is 0 Å². The van der Waals surface area contributed by atoms with Crippen LogP contribution >= 0.6 is 23.4 Å². The molecule has 0 heterocycles. The molecule has 0 atom stereocenters. The molecule has 0 spiro atoms. The maximum Gasteiger partial charge on any atom is 0.406 e. The van der Waals surface area contributed by atoms with Crippen LogP contribution in [0.4, 0.5) is 13.2 Å². The SMILES string of the molecule is CCCCN(CC(F)(F)F)C(=O)c1cc(SC)ccc1Cl. The Morgan fingerprint density at radius 1 is 1.38 bits per heavy atom. The number of alkyl halides is 3. The summed E-state index contributed by atoms with van der Waals surface area (Å²) in [6.07, 6.45) is -1.38. The largest absolute Gasteiger partial charge is 0.406 e. The zero-order valence-electron chi connectivity index (χ0n) is 11.8. The highest BCUT2D eigenvalue weighted by Gasteiger charge is 2.33. The molecule has 0 aliphatic heterocycles. The lowest BCUT2D eigenvalue weighted by Crippen LogP contribution is -2.39. The van der Waals surface area contributed by atoms with Crippen LogP contribution in [0.25, 0.3) is 0 Å². The minimum Gasteiger partial charge on any atom is -0.329 e. The molecule has 0 bridgehead atoms. The fourth-order valence-corrected chi connectivity index (χ4v) is 2.42. The smallest absolute Gasteiger partial charge is 0.329 e. The molecule has 0 aliphatic carbocycles. The van der Waals surface area contributed by atoms with Crippen LogP contribution in [0.2, 0.25) is 5.02 Å². The summed E-state index contributed by atoms with van der Waals surface area (Å²) >= 11 is 7.36. The van der Waals surface area contributed by atoms with Gasteiger partial charge in [0.05, 0.1) is 10.6 Å². The van der Waals surface area contributed by atoms with Crippen molar-refractivity contribution in [1.29, 1.82) is 0 Å². The van der Waals surface area contributed by atoms with Crippen LogP contribution in [0, 0.1) is 0 Å². The topological polar surface area (TPSA) is 20.3 Å². The van der Waals surface area contributed by atoms with Crippen molar-refractivity contribution < 1.29 is 18.0 Å². The zero-order chi connectivity index (χ0) is 16.0. The fourth-order valence-electron chi connectivity index (χ4n) is 1.78. The highest BCUT2D eigenvalue weighted by Crippen LogP contribution is 2.26. The number of unbranched alkanes of at least 4 members (excludes halogenated alkanes) is 1. The van der Waals surface area contributed by atoms with E-state index in [1.807, 2.05) is 13.2 Å². The lowest BCUT2D eigenvalue weighted by Gasteiger charge is -2.24. The molecule has 118 valence electrons. The first-order valence-corrected chi connectivity index (χ1v) is 8.08. The van der Waals surface area contributed by atoms with Crippen molar-refractivity contribution in [3.05, 3.63) is 28.8 Å². The highest BCUT2D eigenvalue weighted by atomic mass is 35.5. The van der Waals surface area contributed by atoms with Crippen molar-refractivity contribution in [2.75, 3.05) is 19.3 Å². The monoisotopic (exact) mass is 339 g/mol. The molecule has 0 unspecified atom stereocenters. The van der Waals surface area contributed by atoms with Gasteiger partial charge >= 0.3 is 6.18 Å². The number of hydrogen-bond acceptors (Lipinski definition) is 2. The van der Waals surface area contributed by atoms with E-state index in [4.69, 9.17) is 11.6 Å². The predicted octanol–water partition coefficient (Wildman–Crippen LogP) is 4.87. The Labute approximate surface area is 131 Å². The van der Waals surface area contributed by atoms with Crippen LogP contribution in [-0.2, 0) is 0 Å². The zero-order valence-corrected chi connectivity index (χ0v) is 13.4. The van der Waals surface area contributed by atoms with E-state index < -0.39 is 18.6 Å². The summed E-state index contributed by atoms with van der Waals surface area (Å²) in [5.74, 6) is -0.679. The van der Waals surface area contributed by atoms with Crippen LogP contribution < -0.4 is 0 Å². The van der Waals surface area contributed by atoms with Gasteiger partial charge in [-0.05, 0) is 30.9 Å². The van der Waals surface area contributed by atoms with E-state index >= 15 is 0 Å². The number of amides is 1. The molecular weight excluding hydrogens is 323 g/mol. The minimum absolute atomic E-state index is 0.0642. The van der Waals surface area contributed by atoms with Gasteiger partial charge in [-0.25, -0.2) is 0 Å². The molecule has 0 N–H and O–H groups in total. The third kappa shape index (κ3) is 5.79. The van der Waals surface area contributed by atoms with Gasteiger partial charge in [0.15, 0.2) is 0 Å². The van der Waals surface area contributed by atoms with E-state index in [-0.39, 0.29) is 17.1 Å². The van der Waals surface area contributed by atoms with Gasteiger partial charge in [0.25, 0.3) is 5.91 Å². The second kappa shape index (κ2) is 7.94. The van der Waals surface area contributed by atoms with Gasteiger partial charge in [-0.1, -0.05) is 24.9 Å². The second-order valence-corrected chi connectivity index (χ2v) is 5.83. The first kappa shape index (κ1) is 18.2. The van der Waals surface area contributed by atoms with E-state index in [0.29, 0.717) is 12.8 Å². The average molecular weight is 340 g/mol. The number of carbonyl (C=O) groups excluding carboxylic acids is 1. The van der Waals surface area contributed by atoms with Crippen molar-refractivity contribution in [3.63, 3.8) is 0 Å². The fraction of sp³-hybridized carbons (Fsp3) is 0.500. The Hall–Kier alpha value is -0.880. The second-order valence-electron chi connectivity index (χ2n) is 4.54. The molecule has 0 saturated heterocycles. The standard InChI is InChI=1S/C14H17ClF3NOS/c1-3-4-7-19(9-14(16,17)18)13(20)11-8-10(21-2)5-6-12(11)15/h5-6,8H,3-4,7,9H2,1-2H3. The van der Waals surface area contributed by atoms with Crippen molar-refractivity contribution in [3.8, 4) is 0 Å². The molecular formula is C14H17ClF3NOS. The third-order valence-corrected chi connectivity index (χ3v) is 3.90. The van der Waals surface area contributed by atoms with Crippen LogP contribution in [-0.4, -0.2) is 36.3 Å². The van der Waals surface area contributed by atoms with Gasteiger partial charge in [-0.15, -0.1) is 11.8 Å². The van der Waals surface area contributed by atoms with E-state index in [2.05, 4.69) is 0 Å². The molecule has 7 heteroatoms. The lowest BCUT2D eigenvalue weighted by atomic mass is 10.2. The Kier molecular flexibility index (Phi) is 6.87. The predicted molar refractivity (Wildman–Crippen MR) is 80.1 cm³/mol. The molecule has 0 fully saturated rings. The molecule has 1 amide bonds. The summed E-state index contributed by atoms with van der Waals surface area (Å²) in [5.41, 5.74) is 0.115. The molecule has 0 aliphatic rings. The lowest BCUT2D eigenvalue weighted by molar-refractivity contribution is -0.140. The normalized spacial score (nSPS) is 11.5. The molecule has 1 aromatic rings. The Balaban J connectivity index is 3.03. The summed E-state index contributed by atoms with van der Waals surface area (Å²) in [6.45, 7) is 0.665. The van der Waals surface area contributed by atoms with Crippen molar-refractivity contribution in [2.45, 2.75) is 30.8 Å². The number of rotatable bonds is 6. The first-order chi connectivity index (χ1) is 9.78. The third-order valence-electron chi connectivity index (χ3n) is 2.84. The summed E-state index contributed by atoms with van der Waals surface area (Å²) < 4.78 is 37.9. The summed E-state index contributed by atoms with van der Waals surface area (Å²) in [7, 11) is 0. The quantitative estimate of drug-likeness (QED) is 0.689. The molecule has 2 nitrogen and oxygen atoms in total. The maximum absolute atomic E-state index is 12.6. The van der Waals surface area contributed by atoms with Crippen LogP contribution in [0.15, 0.2) is 23.1 Å². The molecule has 0 radical (unpaired) electrons. The van der Waals surface area contributed by atoms with E-state index in [0.717, 1.165) is 9.80 Å². The number of carbonyl (C=O) groups is 1. The average Bonchev–Trinajstić information content (AvgIpc) is 2.42. The van der Waals surface area contributed by atoms with Crippen molar-refractivity contribution in [2.24, 2.45) is 0 Å². The van der Waals surface area contributed by atoms with Gasteiger partial charge < -0.3 is 4.90 Å². The number of benzene rings is 1. The van der Waals surface area contributed by atoms with Crippen molar-refractivity contribution >= 4 is 29.3 Å². The summed E-state index contributed by atoms with van der Waals surface area (Å²) in [5, 5.41) is 0.168. The number of nitrogens with zero attached hydrogens (tertiary/aromatic N) is 1. The Bertz CT molecular complexity index is 494. The number of thioether (sulfide) groups is 1. The van der Waals surface area contributed by atoms with Gasteiger partial charge in [0, 0.05) is 11.4 Å². The molecule has 1 rings (SSSR count). The van der Waals surface area contributed by atoms with E-state index in [9.17, 15) is 18.0 Å². The van der Waals surface area contributed by atoms with E-state index in [1.165, 1.54) is 23.9 Å². The molecule has 0 aromatic heterocycles. The van der Waals surface area contributed by atoms with Gasteiger partial charge in [0.2, 0.25) is 0 Å².